The van der Waals surface area contributed by atoms with Crippen LogP contribution in [-0.4, -0.2) is 25.9 Å². The van der Waals surface area contributed by atoms with Crippen LogP contribution in [0.3, 0.4) is 0 Å². The van der Waals surface area contributed by atoms with Crippen molar-refractivity contribution in [1.82, 2.24) is 20.1 Å². The fourth-order valence-corrected chi connectivity index (χ4v) is 4.25. The Bertz CT molecular complexity index is 1190. The van der Waals surface area contributed by atoms with Crippen LogP contribution in [0.25, 0.3) is 0 Å². The Morgan fingerprint density at radius 3 is 2.26 bits per heavy atom. The molecule has 0 radical (unpaired) electrons. The quantitative estimate of drug-likeness (QED) is 0.329. The van der Waals surface area contributed by atoms with Gasteiger partial charge in [0, 0.05) is 6.54 Å². The lowest BCUT2D eigenvalue weighted by Gasteiger charge is -2.14. The average Bonchev–Trinajstić information content (AvgIpc) is 3.24. The first-order valence-electron chi connectivity index (χ1n) is 11.2. The van der Waals surface area contributed by atoms with Gasteiger partial charge in [-0.3, -0.25) is 9.36 Å². The van der Waals surface area contributed by atoms with Gasteiger partial charge in [0.15, 0.2) is 11.0 Å². The summed E-state index contributed by atoms with van der Waals surface area (Å²) < 4.78 is 7.99. The minimum absolute atomic E-state index is 0.0411. The molecule has 1 aromatic heterocycles. The van der Waals surface area contributed by atoms with Gasteiger partial charge in [0.2, 0.25) is 5.91 Å². The SMILES string of the molecule is Cc1ccc(OCc2nnc(S[C@@H](C)C(=O)NCc3ccccc3)n2Cc2ccccc2)cc1. The third-order valence-corrected chi connectivity index (χ3v) is 6.41. The fraction of sp³-hybridized carbons (Fsp3) is 0.222. The first kappa shape index (κ1) is 23.6. The maximum Gasteiger partial charge on any atom is 0.233 e. The Hall–Kier alpha value is -3.58. The molecular formula is C27H28N4O2S. The molecule has 1 N–H and O–H groups in total. The monoisotopic (exact) mass is 472 g/mol. The first-order chi connectivity index (χ1) is 16.6. The molecule has 34 heavy (non-hydrogen) atoms. The second kappa shape index (κ2) is 11.5. The van der Waals surface area contributed by atoms with Gasteiger partial charge in [-0.25, -0.2) is 0 Å². The van der Waals surface area contributed by atoms with Crippen LogP contribution in [-0.2, 0) is 24.5 Å². The number of hydrogen-bond acceptors (Lipinski definition) is 5. The molecule has 1 atom stereocenters. The molecular weight excluding hydrogens is 444 g/mol. The number of aryl methyl sites for hydroxylation is 1. The molecule has 0 aliphatic heterocycles. The zero-order valence-electron chi connectivity index (χ0n) is 19.3. The molecule has 174 valence electrons. The van der Waals surface area contributed by atoms with Crippen molar-refractivity contribution in [1.29, 1.82) is 0 Å². The zero-order chi connectivity index (χ0) is 23.8. The predicted molar refractivity (Wildman–Crippen MR) is 135 cm³/mol. The largest absolute Gasteiger partial charge is 0.486 e. The van der Waals surface area contributed by atoms with Crippen molar-refractivity contribution in [2.45, 2.75) is 44.0 Å². The Kier molecular flexibility index (Phi) is 7.99. The molecule has 0 fully saturated rings. The lowest BCUT2D eigenvalue weighted by Crippen LogP contribution is -2.30. The molecule has 0 aliphatic carbocycles. The van der Waals surface area contributed by atoms with Crippen LogP contribution in [0, 0.1) is 6.92 Å². The van der Waals surface area contributed by atoms with Gasteiger partial charge in [0.1, 0.15) is 12.4 Å². The number of thioether (sulfide) groups is 1. The second-order valence-corrected chi connectivity index (χ2v) is 9.34. The molecule has 4 aromatic rings. The Balaban J connectivity index is 1.46. The van der Waals surface area contributed by atoms with Crippen LogP contribution in [0.2, 0.25) is 0 Å². The van der Waals surface area contributed by atoms with Crippen molar-refractivity contribution < 1.29 is 9.53 Å². The van der Waals surface area contributed by atoms with E-state index in [1.165, 1.54) is 17.3 Å². The molecule has 1 heterocycles. The average molecular weight is 473 g/mol. The highest BCUT2D eigenvalue weighted by Gasteiger charge is 2.20. The van der Waals surface area contributed by atoms with Crippen molar-refractivity contribution in [3.05, 3.63) is 107 Å². The zero-order valence-corrected chi connectivity index (χ0v) is 20.2. The summed E-state index contributed by atoms with van der Waals surface area (Å²) in [5.74, 6) is 1.45. The van der Waals surface area contributed by atoms with Gasteiger partial charge in [0.05, 0.1) is 11.8 Å². The van der Waals surface area contributed by atoms with Crippen LogP contribution in [0.4, 0.5) is 0 Å². The molecule has 0 aliphatic rings. The Labute approximate surface area is 204 Å². The number of benzene rings is 3. The van der Waals surface area contributed by atoms with Crippen molar-refractivity contribution in [3.8, 4) is 5.75 Å². The van der Waals surface area contributed by atoms with Gasteiger partial charge in [-0.05, 0) is 37.1 Å². The molecule has 4 rings (SSSR count). The van der Waals surface area contributed by atoms with E-state index in [0.717, 1.165) is 16.9 Å². The number of ether oxygens (including phenoxy) is 1. The minimum atomic E-state index is -0.326. The van der Waals surface area contributed by atoms with E-state index in [1.807, 2.05) is 91.2 Å². The maximum absolute atomic E-state index is 12.7. The van der Waals surface area contributed by atoms with E-state index < -0.39 is 0 Å². The lowest BCUT2D eigenvalue weighted by molar-refractivity contribution is -0.120. The summed E-state index contributed by atoms with van der Waals surface area (Å²) in [4.78, 5) is 12.7. The van der Waals surface area contributed by atoms with Gasteiger partial charge >= 0.3 is 0 Å². The molecule has 6 nitrogen and oxygen atoms in total. The number of carbonyl (C=O) groups excluding carboxylic acids is 1. The van der Waals surface area contributed by atoms with E-state index >= 15 is 0 Å². The highest BCUT2D eigenvalue weighted by Crippen LogP contribution is 2.24. The number of hydrogen-bond donors (Lipinski definition) is 1. The van der Waals surface area contributed by atoms with Crippen molar-refractivity contribution in [2.24, 2.45) is 0 Å². The molecule has 0 saturated carbocycles. The van der Waals surface area contributed by atoms with E-state index in [9.17, 15) is 4.79 Å². The summed E-state index contributed by atoms with van der Waals surface area (Å²) in [6.07, 6.45) is 0. The molecule has 0 saturated heterocycles. The molecule has 0 unspecified atom stereocenters. The molecule has 0 spiro atoms. The van der Waals surface area contributed by atoms with Gasteiger partial charge in [-0.15, -0.1) is 10.2 Å². The Morgan fingerprint density at radius 1 is 0.941 bits per heavy atom. The fourth-order valence-electron chi connectivity index (χ4n) is 3.36. The summed E-state index contributed by atoms with van der Waals surface area (Å²) in [5.41, 5.74) is 3.37. The van der Waals surface area contributed by atoms with Crippen LogP contribution in [0.1, 0.15) is 29.4 Å². The number of carbonyl (C=O) groups is 1. The van der Waals surface area contributed by atoms with E-state index in [2.05, 4.69) is 27.6 Å². The normalized spacial score (nSPS) is 11.7. The number of aromatic nitrogens is 3. The summed E-state index contributed by atoms with van der Waals surface area (Å²) in [6.45, 7) is 5.31. The van der Waals surface area contributed by atoms with Crippen molar-refractivity contribution >= 4 is 17.7 Å². The smallest absolute Gasteiger partial charge is 0.233 e. The third-order valence-electron chi connectivity index (χ3n) is 5.33. The van der Waals surface area contributed by atoms with Crippen LogP contribution in [0.5, 0.6) is 5.75 Å². The summed E-state index contributed by atoms with van der Waals surface area (Å²) in [7, 11) is 0. The summed E-state index contributed by atoms with van der Waals surface area (Å²) in [6, 6.07) is 27.9. The molecule has 1 amide bonds. The van der Waals surface area contributed by atoms with E-state index in [-0.39, 0.29) is 17.8 Å². The number of nitrogens with zero attached hydrogens (tertiary/aromatic N) is 3. The number of nitrogens with one attached hydrogen (secondary N) is 1. The summed E-state index contributed by atoms with van der Waals surface area (Å²) in [5, 5.41) is 12.1. The lowest BCUT2D eigenvalue weighted by atomic mass is 10.2. The predicted octanol–water partition coefficient (Wildman–Crippen LogP) is 5.01. The van der Waals surface area contributed by atoms with Crippen molar-refractivity contribution in [3.63, 3.8) is 0 Å². The van der Waals surface area contributed by atoms with Gasteiger partial charge in [0.25, 0.3) is 0 Å². The van der Waals surface area contributed by atoms with Gasteiger partial charge < -0.3 is 10.1 Å². The topological polar surface area (TPSA) is 69.0 Å². The van der Waals surface area contributed by atoms with Crippen LogP contribution in [0.15, 0.2) is 90.1 Å². The van der Waals surface area contributed by atoms with E-state index in [1.54, 1.807) is 0 Å². The third kappa shape index (κ3) is 6.48. The van der Waals surface area contributed by atoms with Crippen molar-refractivity contribution in [2.75, 3.05) is 0 Å². The molecule has 0 bridgehead atoms. The summed E-state index contributed by atoms with van der Waals surface area (Å²) >= 11 is 1.40. The van der Waals surface area contributed by atoms with Crippen LogP contribution >= 0.6 is 11.8 Å². The standard InChI is InChI=1S/C27H28N4O2S/c1-20-13-15-24(16-14-20)33-19-25-29-30-27(31(25)18-23-11-7-4-8-12-23)34-21(2)26(32)28-17-22-9-5-3-6-10-22/h3-16,21H,17-19H2,1-2H3,(H,28,32)/t21-/m0/s1. The van der Waals surface area contributed by atoms with Crippen LogP contribution < -0.4 is 10.1 Å². The first-order valence-corrected chi connectivity index (χ1v) is 12.1. The Morgan fingerprint density at radius 2 is 1.59 bits per heavy atom. The molecule has 3 aromatic carbocycles. The number of amides is 1. The number of rotatable bonds is 10. The maximum atomic E-state index is 12.7. The van der Waals surface area contributed by atoms with Gasteiger partial charge in [-0.2, -0.15) is 0 Å². The van der Waals surface area contributed by atoms with E-state index in [4.69, 9.17) is 4.74 Å². The van der Waals surface area contributed by atoms with E-state index in [0.29, 0.717) is 24.1 Å². The highest BCUT2D eigenvalue weighted by molar-refractivity contribution is 8.00. The van der Waals surface area contributed by atoms with Gasteiger partial charge in [-0.1, -0.05) is 90.1 Å². The highest BCUT2D eigenvalue weighted by atomic mass is 32.2. The molecule has 7 heteroatoms. The minimum Gasteiger partial charge on any atom is -0.486 e. The second-order valence-electron chi connectivity index (χ2n) is 8.04.